The second-order valence-electron chi connectivity index (χ2n) is 6.21. The lowest BCUT2D eigenvalue weighted by Crippen LogP contribution is -2.15. The molecule has 0 fully saturated rings. The smallest absolute Gasteiger partial charge is 0.0490 e. The molecule has 0 spiro atoms. The second-order valence-corrected chi connectivity index (χ2v) is 6.21. The van der Waals surface area contributed by atoms with Crippen LogP contribution in [0.15, 0.2) is 35.3 Å². The standard InChI is InChI=1S/C18H29N/c1-14(2)16(5)19-13-18(15(3)4)12-11-17-9-7-6-8-10-17/h6-10,13-16,18H,11-12H2,1-5H3. The lowest BCUT2D eigenvalue weighted by molar-refractivity contribution is 0.463. The molecule has 106 valence electrons. The van der Waals surface area contributed by atoms with Crippen molar-refractivity contribution < 1.29 is 0 Å². The minimum atomic E-state index is 0.429. The molecule has 0 bridgehead atoms. The molecule has 1 aromatic rings. The Hall–Kier alpha value is -1.11. The van der Waals surface area contributed by atoms with Crippen LogP contribution in [0, 0.1) is 17.8 Å². The van der Waals surface area contributed by atoms with Gasteiger partial charge in [0.05, 0.1) is 0 Å². The van der Waals surface area contributed by atoms with E-state index in [0.717, 1.165) is 6.42 Å². The monoisotopic (exact) mass is 259 g/mol. The molecule has 0 aromatic heterocycles. The lowest BCUT2D eigenvalue weighted by Gasteiger charge is -2.18. The van der Waals surface area contributed by atoms with E-state index in [-0.39, 0.29) is 0 Å². The zero-order valence-corrected chi connectivity index (χ0v) is 13.1. The summed E-state index contributed by atoms with van der Waals surface area (Å²) in [6.07, 6.45) is 4.54. The van der Waals surface area contributed by atoms with Crippen molar-refractivity contribution in [1.82, 2.24) is 0 Å². The molecular formula is C18H29N. The fraction of sp³-hybridized carbons (Fsp3) is 0.611. The van der Waals surface area contributed by atoms with Crippen molar-refractivity contribution in [2.75, 3.05) is 0 Å². The Morgan fingerprint density at radius 1 is 0.947 bits per heavy atom. The van der Waals surface area contributed by atoms with Crippen LogP contribution in [0.2, 0.25) is 0 Å². The van der Waals surface area contributed by atoms with Crippen molar-refractivity contribution in [3.8, 4) is 0 Å². The summed E-state index contributed by atoms with van der Waals surface area (Å²) in [5.74, 6) is 1.87. The fourth-order valence-electron chi connectivity index (χ4n) is 1.98. The Morgan fingerprint density at radius 2 is 1.58 bits per heavy atom. The molecule has 0 aliphatic rings. The highest BCUT2D eigenvalue weighted by molar-refractivity contribution is 5.61. The van der Waals surface area contributed by atoms with Gasteiger partial charge in [0, 0.05) is 12.3 Å². The number of hydrogen-bond acceptors (Lipinski definition) is 1. The maximum Gasteiger partial charge on any atom is 0.0490 e. The van der Waals surface area contributed by atoms with Crippen LogP contribution < -0.4 is 0 Å². The third kappa shape index (κ3) is 6.04. The van der Waals surface area contributed by atoms with Crippen LogP contribution in [0.5, 0.6) is 0 Å². The average Bonchev–Trinajstić information content (AvgIpc) is 2.39. The van der Waals surface area contributed by atoms with Gasteiger partial charge in [-0.1, -0.05) is 58.0 Å². The molecule has 1 rings (SSSR count). The van der Waals surface area contributed by atoms with Gasteiger partial charge in [-0.15, -0.1) is 0 Å². The van der Waals surface area contributed by atoms with Crippen molar-refractivity contribution in [2.45, 2.75) is 53.5 Å². The van der Waals surface area contributed by atoms with Gasteiger partial charge in [0.15, 0.2) is 0 Å². The van der Waals surface area contributed by atoms with Gasteiger partial charge >= 0.3 is 0 Å². The lowest BCUT2D eigenvalue weighted by atomic mass is 9.90. The number of aryl methyl sites for hydroxylation is 1. The predicted molar refractivity (Wildman–Crippen MR) is 85.9 cm³/mol. The molecule has 19 heavy (non-hydrogen) atoms. The molecule has 1 heteroatoms. The first kappa shape index (κ1) is 15.9. The topological polar surface area (TPSA) is 12.4 Å². The number of rotatable bonds is 7. The van der Waals surface area contributed by atoms with Crippen LogP contribution in [0.4, 0.5) is 0 Å². The molecule has 2 atom stereocenters. The summed E-state index contributed by atoms with van der Waals surface area (Å²) in [5, 5.41) is 0. The Bertz CT molecular complexity index is 365. The van der Waals surface area contributed by atoms with E-state index < -0.39 is 0 Å². The second kappa shape index (κ2) is 8.14. The van der Waals surface area contributed by atoms with E-state index in [1.165, 1.54) is 12.0 Å². The summed E-state index contributed by atoms with van der Waals surface area (Å²) in [4.78, 5) is 4.73. The minimum Gasteiger partial charge on any atom is -0.294 e. The molecule has 0 heterocycles. The maximum absolute atomic E-state index is 4.73. The summed E-state index contributed by atoms with van der Waals surface area (Å²) in [6.45, 7) is 11.3. The molecule has 0 radical (unpaired) electrons. The highest BCUT2D eigenvalue weighted by Crippen LogP contribution is 2.17. The summed E-state index contributed by atoms with van der Waals surface area (Å²) in [5.41, 5.74) is 1.43. The van der Waals surface area contributed by atoms with Gasteiger partial charge in [-0.2, -0.15) is 0 Å². The third-order valence-electron chi connectivity index (χ3n) is 3.94. The van der Waals surface area contributed by atoms with Crippen molar-refractivity contribution >= 4 is 6.21 Å². The van der Waals surface area contributed by atoms with E-state index in [0.29, 0.717) is 23.8 Å². The molecule has 1 aromatic carbocycles. The first-order chi connectivity index (χ1) is 9.00. The quantitative estimate of drug-likeness (QED) is 0.611. The minimum absolute atomic E-state index is 0.429. The average molecular weight is 259 g/mol. The van der Waals surface area contributed by atoms with E-state index >= 15 is 0 Å². The molecule has 0 N–H and O–H groups in total. The van der Waals surface area contributed by atoms with Crippen LogP contribution in [-0.2, 0) is 6.42 Å². The largest absolute Gasteiger partial charge is 0.294 e. The van der Waals surface area contributed by atoms with E-state index in [2.05, 4.69) is 71.2 Å². The van der Waals surface area contributed by atoms with Crippen molar-refractivity contribution in [1.29, 1.82) is 0 Å². The molecule has 0 saturated heterocycles. The molecule has 0 amide bonds. The Kier molecular flexibility index (Phi) is 6.83. The van der Waals surface area contributed by atoms with E-state index in [1.54, 1.807) is 0 Å². The van der Waals surface area contributed by atoms with Gasteiger partial charge < -0.3 is 0 Å². The van der Waals surface area contributed by atoms with Crippen molar-refractivity contribution in [2.24, 2.45) is 22.7 Å². The zero-order chi connectivity index (χ0) is 14.3. The molecule has 0 aliphatic heterocycles. The first-order valence-corrected chi connectivity index (χ1v) is 7.58. The van der Waals surface area contributed by atoms with Crippen LogP contribution in [-0.4, -0.2) is 12.3 Å². The van der Waals surface area contributed by atoms with Gasteiger partial charge in [-0.25, -0.2) is 0 Å². The maximum atomic E-state index is 4.73. The normalized spacial score (nSPS) is 15.3. The Balaban J connectivity index is 2.54. The summed E-state index contributed by atoms with van der Waals surface area (Å²) < 4.78 is 0. The predicted octanol–water partition coefficient (Wildman–Crippen LogP) is 5.01. The van der Waals surface area contributed by atoms with Gasteiger partial charge in [0.1, 0.15) is 0 Å². The van der Waals surface area contributed by atoms with E-state index in [9.17, 15) is 0 Å². The number of nitrogens with zero attached hydrogens (tertiary/aromatic N) is 1. The van der Waals surface area contributed by atoms with Crippen molar-refractivity contribution in [3.05, 3.63) is 35.9 Å². The van der Waals surface area contributed by atoms with Gasteiger partial charge in [-0.3, -0.25) is 4.99 Å². The molecule has 0 aliphatic carbocycles. The molecule has 1 nitrogen and oxygen atoms in total. The Morgan fingerprint density at radius 3 is 2.11 bits per heavy atom. The Labute approximate surface area is 119 Å². The third-order valence-corrected chi connectivity index (χ3v) is 3.94. The highest BCUT2D eigenvalue weighted by atomic mass is 14.8. The van der Waals surface area contributed by atoms with Crippen LogP contribution in [0.25, 0.3) is 0 Å². The first-order valence-electron chi connectivity index (χ1n) is 7.58. The highest BCUT2D eigenvalue weighted by Gasteiger charge is 2.12. The van der Waals surface area contributed by atoms with Crippen LogP contribution in [0.3, 0.4) is 0 Å². The molecule has 0 saturated carbocycles. The van der Waals surface area contributed by atoms with Gasteiger partial charge in [0.2, 0.25) is 0 Å². The molecule has 2 unspecified atom stereocenters. The van der Waals surface area contributed by atoms with Crippen molar-refractivity contribution in [3.63, 3.8) is 0 Å². The fourth-order valence-corrected chi connectivity index (χ4v) is 1.98. The number of benzene rings is 1. The zero-order valence-electron chi connectivity index (χ0n) is 13.1. The van der Waals surface area contributed by atoms with Crippen LogP contribution in [0.1, 0.15) is 46.6 Å². The van der Waals surface area contributed by atoms with Gasteiger partial charge in [0.25, 0.3) is 0 Å². The summed E-state index contributed by atoms with van der Waals surface area (Å²) in [6, 6.07) is 11.2. The number of aliphatic imine (C=N–C) groups is 1. The number of hydrogen-bond donors (Lipinski definition) is 0. The van der Waals surface area contributed by atoms with E-state index in [4.69, 9.17) is 4.99 Å². The molecular weight excluding hydrogens is 230 g/mol. The SMILES string of the molecule is CC(C)C(C=NC(C)C(C)C)CCc1ccccc1. The summed E-state index contributed by atoms with van der Waals surface area (Å²) >= 11 is 0. The van der Waals surface area contributed by atoms with Crippen LogP contribution >= 0.6 is 0 Å². The van der Waals surface area contributed by atoms with Gasteiger partial charge in [-0.05, 0) is 43.1 Å². The summed E-state index contributed by atoms with van der Waals surface area (Å²) in [7, 11) is 0. The van der Waals surface area contributed by atoms with E-state index in [1.807, 2.05) is 0 Å².